The van der Waals surface area contributed by atoms with Crippen LogP contribution < -0.4 is 15.4 Å². The molecule has 0 saturated carbocycles. The number of rotatable bonds is 3. The quantitative estimate of drug-likeness (QED) is 0.708. The molecular weight excluding hydrogens is 331 g/mol. The van der Waals surface area contributed by atoms with E-state index in [9.17, 15) is 9.18 Å². The zero-order valence-electron chi connectivity index (χ0n) is 14.1. The Bertz CT molecular complexity index is 970. The van der Waals surface area contributed by atoms with Gasteiger partial charge in [-0.3, -0.25) is 4.79 Å². The summed E-state index contributed by atoms with van der Waals surface area (Å²) in [5.41, 5.74) is 3.66. The maximum Gasteiger partial charge on any atom is 0.258 e. The summed E-state index contributed by atoms with van der Waals surface area (Å²) in [6.07, 6.45) is -0.275. The van der Waals surface area contributed by atoms with Crippen LogP contribution in [0.25, 0.3) is 0 Å². The van der Waals surface area contributed by atoms with E-state index in [0.717, 1.165) is 22.6 Å². The Labute approximate surface area is 150 Å². The minimum Gasteiger partial charge on any atom is -0.464 e. The van der Waals surface area contributed by atoms with Crippen LogP contribution in [0.3, 0.4) is 0 Å². The highest BCUT2D eigenvalue weighted by molar-refractivity contribution is 6.04. The van der Waals surface area contributed by atoms with Crippen molar-refractivity contribution in [2.24, 2.45) is 0 Å². The van der Waals surface area contributed by atoms with Gasteiger partial charge in [0.05, 0.1) is 11.3 Å². The van der Waals surface area contributed by atoms with E-state index < -0.39 is 11.7 Å². The lowest BCUT2D eigenvalue weighted by atomic mass is 10.1. The summed E-state index contributed by atoms with van der Waals surface area (Å²) < 4.78 is 19.6. The number of ether oxygens (including phenoxy) is 1. The molecule has 1 atom stereocenters. The highest BCUT2D eigenvalue weighted by atomic mass is 19.1. The van der Waals surface area contributed by atoms with E-state index in [0.29, 0.717) is 5.69 Å². The predicted molar refractivity (Wildman–Crippen MR) is 99.0 cm³/mol. The molecule has 0 spiro atoms. The van der Waals surface area contributed by atoms with Gasteiger partial charge in [-0.15, -0.1) is 0 Å². The van der Waals surface area contributed by atoms with Crippen molar-refractivity contribution < 1.29 is 13.9 Å². The summed E-state index contributed by atoms with van der Waals surface area (Å²) in [6, 6.07) is 19.2. The average Bonchev–Trinajstić information content (AvgIpc) is 3.05. The lowest BCUT2D eigenvalue weighted by Gasteiger charge is -2.13. The smallest absolute Gasteiger partial charge is 0.258 e. The zero-order chi connectivity index (χ0) is 18.1. The van der Waals surface area contributed by atoms with Crippen LogP contribution in [0, 0.1) is 12.7 Å². The average molecular weight is 348 g/mol. The van der Waals surface area contributed by atoms with Crippen molar-refractivity contribution in [3.8, 4) is 5.75 Å². The largest absolute Gasteiger partial charge is 0.464 e. The predicted octanol–water partition coefficient (Wildman–Crippen LogP) is 4.89. The molecule has 4 nitrogen and oxygen atoms in total. The van der Waals surface area contributed by atoms with E-state index in [1.54, 1.807) is 24.3 Å². The molecule has 4 rings (SSSR count). The molecule has 0 fully saturated rings. The highest BCUT2D eigenvalue weighted by Gasteiger charge is 2.23. The molecule has 1 heterocycles. The van der Waals surface area contributed by atoms with Crippen molar-refractivity contribution in [1.29, 1.82) is 0 Å². The standard InChI is InChI=1S/C21H17FN2O2/c1-13-6-11-19-18(12-13)24-21(26-19)14-7-9-15(10-8-14)23-20(25)16-4-2-3-5-17(16)22/h2-12,21,24H,1H3,(H,23,25). The Morgan fingerprint density at radius 3 is 2.62 bits per heavy atom. The molecule has 0 saturated heterocycles. The first-order valence-electron chi connectivity index (χ1n) is 8.30. The fourth-order valence-corrected chi connectivity index (χ4v) is 2.89. The fourth-order valence-electron chi connectivity index (χ4n) is 2.89. The van der Waals surface area contributed by atoms with Gasteiger partial charge in [0.2, 0.25) is 0 Å². The van der Waals surface area contributed by atoms with Crippen molar-refractivity contribution in [2.45, 2.75) is 13.2 Å². The van der Waals surface area contributed by atoms with Gasteiger partial charge in [-0.25, -0.2) is 4.39 Å². The highest BCUT2D eigenvalue weighted by Crippen LogP contribution is 2.38. The Kier molecular flexibility index (Phi) is 4.05. The maximum atomic E-state index is 13.7. The van der Waals surface area contributed by atoms with E-state index in [-0.39, 0.29) is 11.8 Å². The second-order valence-electron chi connectivity index (χ2n) is 6.20. The minimum atomic E-state index is -0.543. The van der Waals surface area contributed by atoms with E-state index in [2.05, 4.69) is 10.6 Å². The van der Waals surface area contributed by atoms with Crippen molar-refractivity contribution in [3.63, 3.8) is 0 Å². The van der Waals surface area contributed by atoms with Crippen LogP contribution in [0.15, 0.2) is 66.7 Å². The number of hydrogen-bond acceptors (Lipinski definition) is 3. The van der Waals surface area contributed by atoms with Crippen molar-refractivity contribution in [2.75, 3.05) is 10.6 Å². The van der Waals surface area contributed by atoms with Gasteiger partial charge in [0, 0.05) is 11.3 Å². The summed E-state index contributed by atoms with van der Waals surface area (Å²) in [4.78, 5) is 12.2. The second kappa shape index (κ2) is 6.52. The van der Waals surface area contributed by atoms with Gasteiger partial charge < -0.3 is 15.4 Å². The summed E-state index contributed by atoms with van der Waals surface area (Å²) in [5.74, 6) is -0.204. The zero-order valence-corrected chi connectivity index (χ0v) is 14.1. The normalized spacial score (nSPS) is 14.9. The Morgan fingerprint density at radius 1 is 1.08 bits per heavy atom. The van der Waals surface area contributed by atoms with Gasteiger partial charge in [0.15, 0.2) is 6.23 Å². The molecule has 130 valence electrons. The van der Waals surface area contributed by atoms with Crippen LogP contribution >= 0.6 is 0 Å². The van der Waals surface area contributed by atoms with E-state index in [1.165, 1.54) is 12.1 Å². The Hall–Kier alpha value is -3.34. The Morgan fingerprint density at radius 2 is 1.85 bits per heavy atom. The number of carbonyl (C=O) groups is 1. The number of benzene rings is 3. The molecule has 0 bridgehead atoms. The maximum absolute atomic E-state index is 13.7. The van der Waals surface area contributed by atoms with Crippen molar-refractivity contribution >= 4 is 17.3 Å². The van der Waals surface area contributed by atoms with Crippen LogP contribution in [0.1, 0.15) is 27.7 Å². The first-order chi connectivity index (χ1) is 12.6. The first kappa shape index (κ1) is 16.1. The van der Waals surface area contributed by atoms with Crippen LogP contribution in [0.5, 0.6) is 5.75 Å². The summed E-state index contributed by atoms with van der Waals surface area (Å²) in [7, 11) is 0. The number of hydrogen-bond donors (Lipinski definition) is 2. The van der Waals surface area contributed by atoms with Gasteiger partial charge in [-0.1, -0.05) is 30.3 Å². The van der Waals surface area contributed by atoms with Gasteiger partial charge in [0.25, 0.3) is 5.91 Å². The Balaban J connectivity index is 1.46. The summed E-state index contributed by atoms with van der Waals surface area (Å²) in [6.45, 7) is 2.03. The molecule has 1 amide bonds. The number of amides is 1. The topological polar surface area (TPSA) is 50.4 Å². The lowest BCUT2D eigenvalue weighted by molar-refractivity contribution is 0.102. The number of carbonyl (C=O) groups excluding carboxylic acids is 1. The van der Waals surface area contributed by atoms with Crippen LogP contribution in [-0.2, 0) is 0 Å². The molecule has 3 aromatic carbocycles. The molecule has 1 aliphatic heterocycles. The second-order valence-corrected chi connectivity index (χ2v) is 6.20. The number of halogens is 1. The molecule has 1 unspecified atom stereocenters. The van der Waals surface area contributed by atoms with E-state index in [4.69, 9.17) is 4.74 Å². The SMILES string of the molecule is Cc1ccc2c(c1)NC(c1ccc(NC(=O)c3ccccc3F)cc1)O2. The molecule has 0 aromatic heterocycles. The molecule has 0 radical (unpaired) electrons. The summed E-state index contributed by atoms with van der Waals surface area (Å²) in [5, 5.41) is 6.03. The van der Waals surface area contributed by atoms with Crippen molar-refractivity contribution in [1.82, 2.24) is 0 Å². The lowest BCUT2D eigenvalue weighted by Crippen LogP contribution is -2.14. The number of nitrogens with one attached hydrogen (secondary N) is 2. The van der Waals surface area contributed by atoms with Crippen LogP contribution in [-0.4, -0.2) is 5.91 Å². The van der Waals surface area contributed by atoms with E-state index in [1.807, 2.05) is 37.3 Å². The van der Waals surface area contributed by atoms with Crippen LogP contribution in [0.4, 0.5) is 15.8 Å². The monoisotopic (exact) mass is 348 g/mol. The molecule has 5 heteroatoms. The molecule has 0 aliphatic carbocycles. The third kappa shape index (κ3) is 3.11. The third-order valence-electron chi connectivity index (χ3n) is 4.26. The molecular formula is C21H17FN2O2. The van der Waals surface area contributed by atoms with Gasteiger partial charge in [0.1, 0.15) is 11.6 Å². The number of fused-ring (bicyclic) bond motifs is 1. The van der Waals surface area contributed by atoms with Crippen molar-refractivity contribution in [3.05, 3.63) is 89.2 Å². The van der Waals surface area contributed by atoms with E-state index >= 15 is 0 Å². The van der Waals surface area contributed by atoms with Gasteiger partial charge in [-0.05, 0) is 48.9 Å². The number of aryl methyl sites for hydroxylation is 1. The van der Waals surface area contributed by atoms with Gasteiger partial charge in [-0.2, -0.15) is 0 Å². The van der Waals surface area contributed by atoms with Gasteiger partial charge >= 0.3 is 0 Å². The van der Waals surface area contributed by atoms with Crippen LogP contribution in [0.2, 0.25) is 0 Å². The molecule has 26 heavy (non-hydrogen) atoms. The third-order valence-corrected chi connectivity index (χ3v) is 4.26. The summed E-state index contributed by atoms with van der Waals surface area (Å²) >= 11 is 0. The molecule has 3 aromatic rings. The fraction of sp³-hybridized carbons (Fsp3) is 0.0952. The number of anilines is 2. The first-order valence-corrected chi connectivity index (χ1v) is 8.30. The molecule has 2 N–H and O–H groups in total. The molecule has 1 aliphatic rings. The minimum absolute atomic E-state index is 0.0168.